The number of nitrogens with zero attached hydrogens (tertiary/aromatic N) is 1. The molecule has 6 heteroatoms. The van der Waals surface area contributed by atoms with Gasteiger partial charge in [0.2, 0.25) is 5.82 Å². The minimum Gasteiger partial charge on any atom is -0.381 e. The molecule has 0 aliphatic heterocycles. The van der Waals surface area contributed by atoms with Crippen molar-refractivity contribution >= 4 is 11.4 Å². The van der Waals surface area contributed by atoms with Crippen molar-refractivity contribution in [3.05, 3.63) is 69.3 Å². The van der Waals surface area contributed by atoms with Crippen molar-refractivity contribution in [1.29, 1.82) is 0 Å². The van der Waals surface area contributed by atoms with Crippen LogP contribution in [0.2, 0.25) is 0 Å². The minimum atomic E-state index is -0.926. The number of halogens is 2. The van der Waals surface area contributed by atoms with Gasteiger partial charge < -0.3 is 5.32 Å². The zero-order valence-corrected chi connectivity index (χ0v) is 10.7. The molecule has 4 nitrogen and oxygen atoms in total. The maximum atomic E-state index is 13.5. The van der Waals surface area contributed by atoms with E-state index in [1.165, 1.54) is 12.1 Å². The van der Waals surface area contributed by atoms with Crippen molar-refractivity contribution in [2.75, 3.05) is 5.32 Å². The van der Waals surface area contributed by atoms with Crippen molar-refractivity contribution in [2.45, 2.75) is 13.5 Å². The van der Waals surface area contributed by atoms with E-state index in [-0.39, 0.29) is 12.4 Å². The van der Waals surface area contributed by atoms with Gasteiger partial charge in [0.15, 0.2) is 0 Å². The third kappa shape index (κ3) is 3.09. The van der Waals surface area contributed by atoms with Gasteiger partial charge in [-0.15, -0.1) is 0 Å². The number of aryl methyl sites for hydroxylation is 1. The summed E-state index contributed by atoms with van der Waals surface area (Å²) in [4.78, 5) is 9.70. The maximum Gasteiger partial charge on any atom is 0.304 e. The zero-order valence-electron chi connectivity index (χ0n) is 10.7. The van der Waals surface area contributed by atoms with Gasteiger partial charge in [-0.3, -0.25) is 10.1 Å². The Labute approximate surface area is 114 Å². The molecule has 0 atom stereocenters. The molecule has 0 spiro atoms. The van der Waals surface area contributed by atoms with Crippen LogP contribution in [0.5, 0.6) is 0 Å². The van der Waals surface area contributed by atoms with Gasteiger partial charge in [-0.1, -0.05) is 17.7 Å². The van der Waals surface area contributed by atoms with Crippen LogP contribution in [0.25, 0.3) is 0 Å². The normalized spacial score (nSPS) is 10.3. The topological polar surface area (TPSA) is 55.2 Å². The summed E-state index contributed by atoms with van der Waals surface area (Å²) in [6.07, 6.45) is 0. The van der Waals surface area contributed by atoms with E-state index < -0.39 is 16.4 Å². The lowest BCUT2D eigenvalue weighted by molar-refractivity contribution is -0.387. The van der Waals surface area contributed by atoms with Crippen LogP contribution in [0.4, 0.5) is 20.2 Å². The third-order valence-electron chi connectivity index (χ3n) is 2.83. The Morgan fingerprint density at radius 2 is 1.90 bits per heavy atom. The number of anilines is 1. The summed E-state index contributed by atoms with van der Waals surface area (Å²) < 4.78 is 26.9. The Morgan fingerprint density at radius 3 is 2.55 bits per heavy atom. The molecule has 104 valence electrons. The molecular weight excluding hydrogens is 266 g/mol. The summed E-state index contributed by atoms with van der Waals surface area (Å²) in [5.74, 6) is -1.28. The van der Waals surface area contributed by atoms with E-state index in [9.17, 15) is 18.9 Å². The Balaban J connectivity index is 2.13. The zero-order chi connectivity index (χ0) is 14.7. The standard InChI is InChI=1S/C14H12F2N2O2/c1-9-2-4-12(15)10(6-9)8-17-11-3-5-14(18(19)20)13(16)7-11/h2-7,17H,8H2,1H3. The summed E-state index contributed by atoms with van der Waals surface area (Å²) in [5.41, 5.74) is 1.13. The van der Waals surface area contributed by atoms with Crippen LogP contribution < -0.4 is 5.32 Å². The maximum absolute atomic E-state index is 13.5. The van der Waals surface area contributed by atoms with Gasteiger partial charge in [0.1, 0.15) is 5.82 Å². The number of nitro benzene ring substituents is 1. The molecule has 0 amide bonds. The second-order valence-corrected chi connectivity index (χ2v) is 4.37. The Bertz CT molecular complexity index is 660. The Kier molecular flexibility index (Phi) is 3.93. The smallest absolute Gasteiger partial charge is 0.304 e. The fraction of sp³-hybridized carbons (Fsp3) is 0.143. The number of nitrogens with one attached hydrogen (secondary N) is 1. The fourth-order valence-electron chi connectivity index (χ4n) is 1.80. The molecule has 2 rings (SSSR count). The largest absolute Gasteiger partial charge is 0.381 e. The highest BCUT2D eigenvalue weighted by atomic mass is 19.1. The van der Waals surface area contributed by atoms with Crippen molar-refractivity contribution < 1.29 is 13.7 Å². The van der Waals surface area contributed by atoms with Gasteiger partial charge in [-0.2, -0.15) is 4.39 Å². The molecule has 0 aromatic heterocycles. The highest BCUT2D eigenvalue weighted by molar-refractivity contribution is 5.50. The van der Waals surface area contributed by atoms with E-state index in [2.05, 4.69) is 5.32 Å². The predicted molar refractivity (Wildman–Crippen MR) is 71.5 cm³/mol. The summed E-state index contributed by atoms with van der Waals surface area (Å²) in [6.45, 7) is 2.01. The molecule has 0 unspecified atom stereocenters. The summed E-state index contributed by atoms with van der Waals surface area (Å²) in [6, 6.07) is 8.18. The summed E-state index contributed by atoms with van der Waals surface area (Å²) in [7, 11) is 0. The number of nitro groups is 1. The minimum absolute atomic E-state index is 0.171. The number of hydrogen-bond donors (Lipinski definition) is 1. The van der Waals surface area contributed by atoms with Gasteiger partial charge in [-0.05, 0) is 19.1 Å². The molecule has 0 heterocycles. The van der Waals surface area contributed by atoms with Crippen molar-refractivity contribution in [1.82, 2.24) is 0 Å². The van der Waals surface area contributed by atoms with Crippen LogP contribution in [-0.4, -0.2) is 4.92 Å². The monoisotopic (exact) mass is 278 g/mol. The highest BCUT2D eigenvalue weighted by Gasteiger charge is 2.13. The number of hydrogen-bond acceptors (Lipinski definition) is 3. The van der Waals surface area contributed by atoms with Gasteiger partial charge in [0.25, 0.3) is 0 Å². The highest BCUT2D eigenvalue weighted by Crippen LogP contribution is 2.21. The first-order valence-electron chi connectivity index (χ1n) is 5.90. The average molecular weight is 278 g/mol. The number of benzene rings is 2. The van der Waals surface area contributed by atoms with E-state index in [0.717, 1.165) is 17.7 Å². The molecule has 0 aliphatic carbocycles. The fourth-order valence-corrected chi connectivity index (χ4v) is 1.80. The lowest BCUT2D eigenvalue weighted by atomic mass is 10.1. The summed E-state index contributed by atoms with van der Waals surface area (Å²) >= 11 is 0. The first-order chi connectivity index (χ1) is 9.47. The quantitative estimate of drug-likeness (QED) is 0.683. The Morgan fingerprint density at radius 1 is 1.15 bits per heavy atom. The second kappa shape index (κ2) is 5.64. The van der Waals surface area contributed by atoms with Crippen molar-refractivity contribution in [3.63, 3.8) is 0 Å². The Hall–Kier alpha value is -2.50. The summed E-state index contributed by atoms with van der Waals surface area (Å²) in [5, 5.41) is 13.3. The molecular formula is C14H12F2N2O2. The molecule has 2 aromatic rings. The molecule has 2 aromatic carbocycles. The molecule has 0 fully saturated rings. The molecule has 0 saturated carbocycles. The second-order valence-electron chi connectivity index (χ2n) is 4.37. The molecule has 0 bridgehead atoms. The van der Waals surface area contributed by atoms with Crippen molar-refractivity contribution in [3.8, 4) is 0 Å². The van der Waals surface area contributed by atoms with Gasteiger partial charge in [0.05, 0.1) is 4.92 Å². The molecule has 0 saturated heterocycles. The van der Waals surface area contributed by atoms with E-state index in [4.69, 9.17) is 0 Å². The van der Waals surface area contributed by atoms with Gasteiger partial charge >= 0.3 is 5.69 Å². The lowest BCUT2D eigenvalue weighted by Gasteiger charge is -2.08. The molecule has 0 radical (unpaired) electrons. The van der Waals surface area contributed by atoms with Crippen LogP contribution in [0, 0.1) is 28.7 Å². The third-order valence-corrected chi connectivity index (χ3v) is 2.83. The van der Waals surface area contributed by atoms with Crippen molar-refractivity contribution in [2.24, 2.45) is 0 Å². The SMILES string of the molecule is Cc1ccc(F)c(CNc2ccc([N+](=O)[O-])c(F)c2)c1. The van der Waals surface area contributed by atoms with Crippen LogP contribution in [0.15, 0.2) is 36.4 Å². The van der Waals surface area contributed by atoms with E-state index in [1.807, 2.05) is 6.92 Å². The van der Waals surface area contributed by atoms with Gasteiger partial charge in [0, 0.05) is 29.9 Å². The molecule has 20 heavy (non-hydrogen) atoms. The van der Waals surface area contributed by atoms with Gasteiger partial charge in [-0.25, -0.2) is 4.39 Å². The van der Waals surface area contributed by atoms with Crippen LogP contribution in [-0.2, 0) is 6.54 Å². The first kappa shape index (κ1) is 13.9. The van der Waals surface area contributed by atoms with Crippen LogP contribution in [0.3, 0.4) is 0 Å². The predicted octanol–water partition coefficient (Wildman–Crippen LogP) is 3.79. The lowest BCUT2D eigenvalue weighted by Crippen LogP contribution is -2.03. The average Bonchev–Trinajstić information content (AvgIpc) is 2.39. The van der Waals surface area contributed by atoms with Crippen LogP contribution >= 0.6 is 0 Å². The number of rotatable bonds is 4. The first-order valence-corrected chi connectivity index (χ1v) is 5.90. The van der Waals surface area contributed by atoms with E-state index in [1.54, 1.807) is 12.1 Å². The van der Waals surface area contributed by atoms with E-state index >= 15 is 0 Å². The molecule has 1 N–H and O–H groups in total. The van der Waals surface area contributed by atoms with Crippen LogP contribution in [0.1, 0.15) is 11.1 Å². The van der Waals surface area contributed by atoms with E-state index in [0.29, 0.717) is 11.3 Å². The molecule has 0 aliphatic rings.